The summed E-state index contributed by atoms with van der Waals surface area (Å²) in [5, 5.41) is 10.9. The van der Waals surface area contributed by atoms with Crippen LogP contribution in [-0.2, 0) is 6.42 Å². The van der Waals surface area contributed by atoms with Gasteiger partial charge in [0.05, 0.1) is 7.11 Å². The van der Waals surface area contributed by atoms with Crippen molar-refractivity contribution < 1.29 is 9.26 Å². The van der Waals surface area contributed by atoms with E-state index in [2.05, 4.69) is 32.7 Å². The molecule has 0 aliphatic heterocycles. The molecule has 1 fully saturated rings. The van der Waals surface area contributed by atoms with Crippen LogP contribution in [-0.4, -0.2) is 42.8 Å². The zero-order chi connectivity index (χ0) is 19.1. The van der Waals surface area contributed by atoms with Gasteiger partial charge in [0.25, 0.3) is 0 Å². The maximum atomic E-state index is 5.36. The SMILES string of the molecule is CN=C(NCCCCCc1nc(-c2ccc(OC)cc2)no1)NC1CC1C. The van der Waals surface area contributed by atoms with Crippen LogP contribution < -0.4 is 15.4 Å². The smallest absolute Gasteiger partial charge is 0.226 e. The van der Waals surface area contributed by atoms with E-state index >= 15 is 0 Å². The van der Waals surface area contributed by atoms with Crippen molar-refractivity contribution in [2.45, 2.75) is 45.1 Å². The summed E-state index contributed by atoms with van der Waals surface area (Å²) in [4.78, 5) is 8.74. The van der Waals surface area contributed by atoms with Crippen LogP contribution in [0.5, 0.6) is 5.75 Å². The van der Waals surface area contributed by atoms with E-state index in [1.165, 1.54) is 6.42 Å². The quantitative estimate of drug-likeness (QED) is 0.400. The number of unbranched alkanes of at least 4 members (excludes halogenated alkanes) is 2. The van der Waals surface area contributed by atoms with Crippen molar-refractivity contribution in [2.75, 3.05) is 20.7 Å². The lowest BCUT2D eigenvalue weighted by atomic mass is 10.2. The molecule has 1 aromatic carbocycles. The molecule has 0 spiro atoms. The second kappa shape index (κ2) is 9.39. The highest BCUT2D eigenvalue weighted by Crippen LogP contribution is 2.28. The largest absolute Gasteiger partial charge is 0.497 e. The zero-order valence-electron chi connectivity index (χ0n) is 16.4. The summed E-state index contributed by atoms with van der Waals surface area (Å²) >= 11 is 0. The number of aryl methyl sites for hydroxylation is 1. The van der Waals surface area contributed by atoms with E-state index in [4.69, 9.17) is 9.26 Å². The van der Waals surface area contributed by atoms with Crippen molar-refractivity contribution in [3.63, 3.8) is 0 Å². The molecule has 2 aromatic rings. The molecular weight excluding hydrogens is 342 g/mol. The molecule has 3 rings (SSSR count). The molecule has 1 aliphatic carbocycles. The van der Waals surface area contributed by atoms with Gasteiger partial charge < -0.3 is 19.9 Å². The Morgan fingerprint density at radius 3 is 2.70 bits per heavy atom. The molecule has 1 aromatic heterocycles. The van der Waals surface area contributed by atoms with Crippen molar-refractivity contribution in [1.29, 1.82) is 0 Å². The number of aliphatic imine (C=N–C) groups is 1. The molecule has 0 saturated heterocycles. The van der Waals surface area contributed by atoms with Crippen LogP contribution in [0.4, 0.5) is 0 Å². The van der Waals surface area contributed by atoms with Crippen molar-refractivity contribution in [3.05, 3.63) is 30.2 Å². The lowest BCUT2D eigenvalue weighted by Gasteiger charge is -2.11. The van der Waals surface area contributed by atoms with Crippen LogP contribution in [0.1, 0.15) is 38.5 Å². The molecule has 7 heteroatoms. The first-order valence-corrected chi connectivity index (χ1v) is 9.64. The summed E-state index contributed by atoms with van der Waals surface area (Å²) in [7, 11) is 3.47. The van der Waals surface area contributed by atoms with E-state index < -0.39 is 0 Å². The topological polar surface area (TPSA) is 84.6 Å². The Morgan fingerprint density at radius 2 is 2.04 bits per heavy atom. The summed E-state index contributed by atoms with van der Waals surface area (Å²) in [6.07, 6.45) is 5.25. The van der Waals surface area contributed by atoms with E-state index in [-0.39, 0.29) is 0 Å². The Bertz CT molecular complexity index is 741. The van der Waals surface area contributed by atoms with Crippen LogP contribution in [0, 0.1) is 5.92 Å². The third-order valence-corrected chi connectivity index (χ3v) is 4.83. The number of nitrogens with zero attached hydrogens (tertiary/aromatic N) is 3. The van der Waals surface area contributed by atoms with Crippen LogP contribution in [0.15, 0.2) is 33.8 Å². The van der Waals surface area contributed by atoms with Gasteiger partial charge in [-0.2, -0.15) is 4.98 Å². The fraction of sp³-hybridized carbons (Fsp3) is 0.550. The number of benzene rings is 1. The lowest BCUT2D eigenvalue weighted by molar-refractivity contribution is 0.374. The number of rotatable bonds is 9. The van der Waals surface area contributed by atoms with Crippen LogP contribution in [0.2, 0.25) is 0 Å². The first-order valence-electron chi connectivity index (χ1n) is 9.64. The summed E-state index contributed by atoms with van der Waals surface area (Å²) in [6, 6.07) is 8.24. The normalized spacial score (nSPS) is 19.0. The molecule has 0 bridgehead atoms. The van der Waals surface area contributed by atoms with Gasteiger partial charge in [0.15, 0.2) is 5.96 Å². The van der Waals surface area contributed by atoms with Gasteiger partial charge in [0, 0.05) is 31.6 Å². The molecule has 1 aliphatic rings. The standard InChI is InChI=1S/C20H29N5O2/c1-14-13-17(14)23-20(21-2)22-12-6-4-5-7-18-24-19(25-27-18)15-8-10-16(26-3)11-9-15/h8-11,14,17H,4-7,12-13H2,1-3H3,(H2,21,22,23). The minimum absolute atomic E-state index is 0.591. The molecule has 7 nitrogen and oxygen atoms in total. The highest BCUT2D eigenvalue weighted by atomic mass is 16.5. The number of ether oxygens (including phenoxy) is 1. The molecule has 2 atom stereocenters. The molecule has 1 heterocycles. The third-order valence-electron chi connectivity index (χ3n) is 4.83. The van der Waals surface area contributed by atoms with Crippen molar-refractivity contribution in [1.82, 2.24) is 20.8 Å². The van der Waals surface area contributed by atoms with E-state index in [0.29, 0.717) is 17.8 Å². The van der Waals surface area contributed by atoms with Gasteiger partial charge in [0.1, 0.15) is 5.75 Å². The van der Waals surface area contributed by atoms with Crippen molar-refractivity contribution >= 4 is 5.96 Å². The number of aromatic nitrogens is 2. The first kappa shape index (κ1) is 19.2. The van der Waals surface area contributed by atoms with E-state index in [1.54, 1.807) is 7.11 Å². The predicted octanol–water partition coefficient (Wildman–Crippen LogP) is 3.03. The van der Waals surface area contributed by atoms with Crippen molar-refractivity contribution in [2.24, 2.45) is 10.9 Å². The summed E-state index contributed by atoms with van der Waals surface area (Å²) < 4.78 is 10.5. The number of guanidine groups is 1. The second-order valence-corrected chi connectivity index (χ2v) is 7.01. The Labute approximate surface area is 160 Å². The molecule has 2 N–H and O–H groups in total. The summed E-state index contributed by atoms with van der Waals surface area (Å²) in [6.45, 7) is 3.17. The zero-order valence-corrected chi connectivity index (χ0v) is 16.4. The molecule has 27 heavy (non-hydrogen) atoms. The molecule has 0 radical (unpaired) electrons. The molecule has 1 saturated carbocycles. The maximum absolute atomic E-state index is 5.36. The number of methoxy groups -OCH3 is 1. The first-order chi connectivity index (χ1) is 13.2. The van der Waals surface area contributed by atoms with Gasteiger partial charge in [-0.3, -0.25) is 4.99 Å². The van der Waals surface area contributed by atoms with Gasteiger partial charge >= 0.3 is 0 Å². The molecule has 2 unspecified atom stereocenters. The highest BCUT2D eigenvalue weighted by molar-refractivity contribution is 5.80. The Hall–Kier alpha value is -2.57. The van der Waals surface area contributed by atoms with Gasteiger partial charge in [-0.15, -0.1) is 0 Å². The Balaban J connectivity index is 1.33. The van der Waals surface area contributed by atoms with E-state index in [9.17, 15) is 0 Å². The summed E-state index contributed by atoms with van der Waals surface area (Å²) in [5.74, 6) is 3.80. The second-order valence-electron chi connectivity index (χ2n) is 7.01. The van der Waals surface area contributed by atoms with Crippen LogP contribution in [0.25, 0.3) is 11.4 Å². The highest BCUT2D eigenvalue weighted by Gasteiger charge is 2.33. The average molecular weight is 371 g/mol. The van der Waals surface area contributed by atoms with Gasteiger partial charge in [0.2, 0.25) is 11.7 Å². The fourth-order valence-electron chi connectivity index (χ4n) is 2.89. The minimum atomic E-state index is 0.591. The molecule has 146 valence electrons. The van der Waals surface area contributed by atoms with E-state index in [0.717, 1.165) is 55.4 Å². The molecule has 0 amide bonds. The summed E-state index contributed by atoms with van der Waals surface area (Å²) in [5.41, 5.74) is 0.930. The monoisotopic (exact) mass is 371 g/mol. The maximum Gasteiger partial charge on any atom is 0.226 e. The van der Waals surface area contributed by atoms with Crippen LogP contribution >= 0.6 is 0 Å². The predicted molar refractivity (Wildman–Crippen MR) is 106 cm³/mol. The van der Waals surface area contributed by atoms with E-state index in [1.807, 2.05) is 31.3 Å². The average Bonchev–Trinajstić information content (AvgIpc) is 3.18. The van der Waals surface area contributed by atoms with Gasteiger partial charge in [-0.05, 0) is 49.4 Å². The Morgan fingerprint density at radius 1 is 1.26 bits per heavy atom. The molecular formula is C20H29N5O2. The number of nitrogens with one attached hydrogen (secondary N) is 2. The van der Waals surface area contributed by atoms with Crippen molar-refractivity contribution in [3.8, 4) is 17.1 Å². The number of hydrogen-bond donors (Lipinski definition) is 2. The minimum Gasteiger partial charge on any atom is -0.497 e. The lowest BCUT2D eigenvalue weighted by Crippen LogP contribution is -2.39. The third kappa shape index (κ3) is 5.70. The van der Waals surface area contributed by atoms with Crippen LogP contribution in [0.3, 0.4) is 0 Å². The Kier molecular flexibility index (Phi) is 6.68. The van der Waals surface area contributed by atoms with Gasteiger partial charge in [-0.1, -0.05) is 18.5 Å². The fourth-order valence-corrected chi connectivity index (χ4v) is 2.89. The number of hydrogen-bond acceptors (Lipinski definition) is 5. The van der Waals surface area contributed by atoms with Gasteiger partial charge in [-0.25, -0.2) is 0 Å².